The number of fused-ring (bicyclic) bond motifs is 1. The third kappa shape index (κ3) is 5.33. The van der Waals surface area contributed by atoms with Crippen molar-refractivity contribution in [3.8, 4) is 11.3 Å². The fourth-order valence-corrected chi connectivity index (χ4v) is 5.37. The molecule has 2 heterocycles. The first-order chi connectivity index (χ1) is 16.4. The van der Waals surface area contributed by atoms with Gasteiger partial charge >= 0.3 is 0 Å². The monoisotopic (exact) mass is 483 g/mol. The summed E-state index contributed by atoms with van der Waals surface area (Å²) in [5, 5.41) is 3.33. The summed E-state index contributed by atoms with van der Waals surface area (Å²) in [6, 6.07) is 9.83. The van der Waals surface area contributed by atoms with E-state index in [2.05, 4.69) is 28.9 Å². The summed E-state index contributed by atoms with van der Waals surface area (Å²) >= 11 is 0. The molecule has 0 bridgehead atoms. The van der Waals surface area contributed by atoms with Crippen LogP contribution in [-0.2, 0) is 22.2 Å². The molecule has 1 amide bonds. The number of aromatic nitrogens is 1. The van der Waals surface area contributed by atoms with Crippen LogP contribution in [0, 0.1) is 0 Å². The number of unbranched alkanes of at least 4 members (excludes halogenated alkanes) is 2. The van der Waals surface area contributed by atoms with Gasteiger partial charge in [-0.1, -0.05) is 51.0 Å². The van der Waals surface area contributed by atoms with Gasteiger partial charge in [-0.15, -0.1) is 0 Å². The number of carbonyl (C=O) groups excluding carboxylic acids is 1. The molecule has 2 N–H and O–H groups in total. The van der Waals surface area contributed by atoms with Crippen LogP contribution in [0.25, 0.3) is 22.4 Å². The lowest BCUT2D eigenvalue weighted by molar-refractivity contribution is 0.0964. The molecule has 0 radical (unpaired) electrons. The van der Waals surface area contributed by atoms with E-state index in [1.807, 2.05) is 30.3 Å². The number of hydrogen-bond donors (Lipinski definition) is 2. The molecule has 1 aliphatic rings. The molecule has 1 fully saturated rings. The summed E-state index contributed by atoms with van der Waals surface area (Å²) in [7, 11) is -1.94. The molecule has 0 spiro atoms. The van der Waals surface area contributed by atoms with Crippen LogP contribution in [-0.4, -0.2) is 32.9 Å². The first kappa shape index (κ1) is 24.4. The normalized spacial score (nSPS) is 14.0. The second-order valence-corrected chi connectivity index (χ2v) is 10.8. The minimum absolute atomic E-state index is 0.197. The first-order valence-electron chi connectivity index (χ1n) is 12.1. The average Bonchev–Trinajstić information content (AvgIpc) is 3.61. The maximum absolute atomic E-state index is 12.9. The summed E-state index contributed by atoms with van der Waals surface area (Å²) < 4.78 is 34.3. The van der Waals surface area contributed by atoms with Crippen LogP contribution in [0.15, 0.2) is 34.7 Å². The van der Waals surface area contributed by atoms with Crippen molar-refractivity contribution in [2.24, 2.45) is 0 Å². The van der Waals surface area contributed by atoms with Gasteiger partial charge in [-0.05, 0) is 48.8 Å². The van der Waals surface area contributed by atoms with Crippen LogP contribution in [0.2, 0.25) is 0 Å². The van der Waals surface area contributed by atoms with E-state index >= 15 is 0 Å². The molecular formula is C26H33N3O4S. The van der Waals surface area contributed by atoms with Crippen LogP contribution in [0.3, 0.4) is 0 Å². The maximum Gasteiger partial charge on any atom is 0.255 e. The lowest BCUT2D eigenvalue weighted by atomic mass is 10.0. The number of sulfonamides is 1. The highest BCUT2D eigenvalue weighted by Gasteiger charge is 2.31. The fraction of sp³-hybridized carbons (Fsp3) is 0.462. The summed E-state index contributed by atoms with van der Waals surface area (Å²) in [5.74, 6) is 0.262. The lowest BCUT2D eigenvalue weighted by Crippen LogP contribution is -2.27. The van der Waals surface area contributed by atoms with E-state index in [-0.39, 0.29) is 23.3 Å². The number of nitrogens with zero attached hydrogens (tertiary/aromatic N) is 1. The topological polar surface area (TPSA) is 101 Å². The van der Waals surface area contributed by atoms with Gasteiger partial charge in [-0.25, -0.2) is 18.1 Å². The number of benzene rings is 1. The lowest BCUT2D eigenvalue weighted by Gasteiger charge is -2.10. The molecule has 8 heteroatoms. The largest absolute Gasteiger partial charge is 0.437 e. The molecule has 34 heavy (non-hydrogen) atoms. The van der Waals surface area contributed by atoms with E-state index in [0.29, 0.717) is 28.9 Å². The Kier molecular flexibility index (Phi) is 7.38. The third-order valence-electron chi connectivity index (χ3n) is 6.32. The van der Waals surface area contributed by atoms with Gasteiger partial charge in [0.05, 0.1) is 16.6 Å². The zero-order valence-electron chi connectivity index (χ0n) is 20.1. The number of furan rings is 1. The zero-order valence-corrected chi connectivity index (χ0v) is 20.9. The standard InChI is InChI=1S/C26H33N3O4S/c1-4-6-7-14-28-34(31,32)16-22-20(18-12-13-18)15-21-23(25(30)27-3)24(33-26(21)29-22)19-10-8-17(5-2)9-11-19/h8-11,15,18,28H,4-7,12-14,16H2,1-3H3,(H,27,30). The van der Waals surface area contributed by atoms with E-state index in [4.69, 9.17) is 4.42 Å². The van der Waals surface area contributed by atoms with Crippen LogP contribution >= 0.6 is 0 Å². The third-order valence-corrected chi connectivity index (χ3v) is 7.62. The Morgan fingerprint density at radius 1 is 1.15 bits per heavy atom. The van der Waals surface area contributed by atoms with Crippen molar-refractivity contribution in [3.05, 3.63) is 52.7 Å². The van der Waals surface area contributed by atoms with Crippen molar-refractivity contribution in [1.29, 1.82) is 0 Å². The van der Waals surface area contributed by atoms with Gasteiger partial charge in [0.15, 0.2) is 0 Å². The van der Waals surface area contributed by atoms with Crippen molar-refractivity contribution in [2.75, 3.05) is 13.6 Å². The van der Waals surface area contributed by atoms with E-state index in [1.54, 1.807) is 7.05 Å². The molecule has 7 nitrogen and oxygen atoms in total. The Labute approximate surface area is 201 Å². The molecule has 3 aromatic rings. The first-order valence-corrected chi connectivity index (χ1v) is 13.8. The number of pyridine rings is 1. The van der Waals surface area contributed by atoms with E-state index in [9.17, 15) is 13.2 Å². The molecule has 1 saturated carbocycles. The Morgan fingerprint density at radius 2 is 1.88 bits per heavy atom. The van der Waals surface area contributed by atoms with Crippen molar-refractivity contribution >= 4 is 27.0 Å². The summed E-state index contributed by atoms with van der Waals surface area (Å²) in [6.45, 7) is 4.60. The molecule has 0 saturated heterocycles. The van der Waals surface area contributed by atoms with Crippen molar-refractivity contribution < 1.29 is 17.6 Å². The summed E-state index contributed by atoms with van der Waals surface area (Å²) in [6.07, 6.45) is 5.72. The van der Waals surface area contributed by atoms with Crippen molar-refractivity contribution in [2.45, 2.75) is 64.0 Å². The fourth-order valence-electron chi connectivity index (χ4n) is 4.22. The van der Waals surface area contributed by atoms with Crippen LogP contribution in [0.1, 0.15) is 79.0 Å². The van der Waals surface area contributed by atoms with Crippen LogP contribution in [0.5, 0.6) is 0 Å². The van der Waals surface area contributed by atoms with Gasteiger partial charge in [0.1, 0.15) is 11.5 Å². The van der Waals surface area contributed by atoms with E-state index in [1.165, 1.54) is 5.56 Å². The molecule has 4 rings (SSSR count). The van der Waals surface area contributed by atoms with Gasteiger partial charge in [0, 0.05) is 19.2 Å². The van der Waals surface area contributed by atoms with Crippen LogP contribution in [0.4, 0.5) is 0 Å². The summed E-state index contributed by atoms with van der Waals surface area (Å²) in [4.78, 5) is 17.5. The smallest absolute Gasteiger partial charge is 0.255 e. The Balaban J connectivity index is 1.77. The minimum Gasteiger partial charge on any atom is -0.437 e. The predicted molar refractivity (Wildman–Crippen MR) is 134 cm³/mol. The van der Waals surface area contributed by atoms with Gasteiger partial charge in [0.2, 0.25) is 15.7 Å². The highest BCUT2D eigenvalue weighted by atomic mass is 32.2. The predicted octanol–water partition coefficient (Wildman–Crippen LogP) is 4.90. The van der Waals surface area contributed by atoms with Crippen LogP contribution < -0.4 is 10.0 Å². The summed E-state index contributed by atoms with van der Waals surface area (Å²) in [5.41, 5.74) is 4.09. The number of carbonyl (C=O) groups is 1. The molecule has 1 aliphatic carbocycles. The minimum atomic E-state index is -3.53. The maximum atomic E-state index is 12.9. The SMILES string of the molecule is CCCCCNS(=O)(=O)Cc1nc2oc(-c3ccc(CC)cc3)c(C(=O)NC)c2cc1C1CC1. The Hall–Kier alpha value is -2.71. The zero-order chi connectivity index (χ0) is 24.3. The number of aryl methyl sites for hydroxylation is 1. The second-order valence-electron chi connectivity index (χ2n) is 8.95. The molecule has 2 aromatic heterocycles. The van der Waals surface area contributed by atoms with Gasteiger partial charge < -0.3 is 9.73 Å². The number of rotatable bonds is 11. The molecule has 182 valence electrons. The molecular weight excluding hydrogens is 450 g/mol. The Bertz CT molecular complexity index is 1280. The van der Waals surface area contributed by atoms with Crippen molar-refractivity contribution in [1.82, 2.24) is 15.0 Å². The number of amides is 1. The average molecular weight is 484 g/mol. The molecule has 1 aromatic carbocycles. The second kappa shape index (κ2) is 10.3. The molecule has 0 atom stereocenters. The van der Waals surface area contributed by atoms with E-state index < -0.39 is 10.0 Å². The van der Waals surface area contributed by atoms with Gasteiger partial charge in [-0.2, -0.15) is 0 Å². The van der Waals surface area contributed by atoms with Crippen molar-refractivity contribution in [3.63, 3.8) is 0 Å². The number of nitrogens with one attached hydrogen (secondary N) is 2. The highest BCUT2D eigenvalue weighted by Crippen LogP contribution is 2.44. The Morgan fingerprint density at radius 3 is 2.50 bits per heavy atom. The van der Waals surface area contributed by atoms with Gasteiger partial charge in [0.25, 0.3) is 5.91 Å². The highest BCUT2D eigenvalue weighted by molar-refractivity contribution is 7.88. The van der Waals surface area contributed by atoms with E-state index in [0.717, 1.165) is 49.7 Å². The molecule has 0 unspecified atom stereocenters. The quantitative estimate of drug-likeness (QED) is 0.378. The van der Waals surface area contributed by atoms with Gasteiger partial charge in [-0.3, -0.25) is 4.79 Å². The number of hydrogen-bond acceptors (Lipinski definition) is 5. The molecule has 0 aliphatic heterocycles.